The molecule has 17 aromatic rings. The van der Waals surface area contributed by atoms with Crippen LogP contribution in [-0.2, 0) is 0 Å². The third-order valence-electron chi connectivity index (χ3n) is 17.9. The number of anilines is 3. The quantitative estimate of drug-likeness (QED) is 0.126. The fraction of sp³-hybridized carbons (Fsp3) is 0. The molecule has 412 valence electrons. The summed E-state index contributed by atoms with van der Waals surface area (Å²) in [5, 5.41) is 7.49. The maximum atomic E-state index is 2.39. The standard InChI is InChI=1S/C84H56N4/c1-4-16-67(17-5-1)86-80-26-14-11-23-74(80)77-54-64(43-52-82(77)86)61-32-28-57(29-33-61)59-36-45-70(46-37-59)85(72-49-40-63(41-50-72)65-44-53-83-78(55-65)75-24-12-15-27-81(75)87(83)68-18-6-2-7-19-68)71-47-38-60(39-48-71)58-30-34-62(35-31-58)66-42-51-76-73-22-10-13-25-79(73)88(84(76)56-66)69-20-8-3-9-21-69/h1-56H. The van der Waals surface area contributed by atoms with Crippen molar-refractivity contribution >= 4 is 82.5 Å². The van der Waals surface area contributed by atoms with Crippen LogP contribution in [0.2, 0.25) is 0 Å². The maximum Gasteiger partial charge on any atom is 0.0547 e. The van der Waals surface area contributed by atoms with Gasteiger partial charge in [0.2, 0.25) is 0 Å². The van der Waals surface area contributed by atoms with Gasteiger partial charge >= 0.3 is 0 Å². The van der Waals surface area contributed by atoms with E-state index in [0.29, 0.717) is 0 Å². The molecule has 0 amide bonds. The highest BCUT2D eigenvalue weighted by Crippen LogP contribution is 2.42. The van der Waals surface area contributed by atoms with Gasteiger partial charge in [0.1, 0.15) is 0 Å². The van der Waals surface area contributed by atoms with Crippen LogP contribution < -0.4 is 4.90 Å². The van der Waals surface area contributed by atoms with Gasteiger partial charge in [-0.3, -0.25) is 0 Å². The lowest BCUT2D eigenvalue weighted by Gasteiger charge is -2.26. The Morgan fingerprint density at radius 3 is 0.761 bits per heavy atom. The Kier molecular flexibility index (Phi) is 12.2. The van der Waals surface area contributed by atoms with E-state index in [0.717, 1.165) is 50.8 Å². The lowest BCUT2D eigenvalue weighted by Crippen LogP contribution is -2.09. The van der Waals surface area contributed by atoms with E-state index in [9.17, 15) is 0 Å². The largest absolute Gasteiger partial charge is 0.311 e. The Morgan fingerprint density at radius 1 is 0.159 bits per heavy atom. The van der Waals surface area contributed by atoms with Gasteiger partial charge in [0.05, 0.1) is 33.1 Å². The Morgan fingerprint density at radius 2 is 0.398 bits per heavy atom. The number of rotatable bonds is 11. The molecule has 0 radical (unpaired) electrons. The third-order valence-corrected chi connectivity index (χ3v) is 17.9. The van der Waals surface area contributed by atoms with E-state index in [-0.39, 0.29) is 0 Å². The normalized spacial score (nSPS) is 11.6. The molecule has 0 unspecified atom stereocenters. The summed E-state index contributed by atoms with van der Waals surface area (Å²) >= 11 is 0. The molecule has 17 rings (SSSR count). The summed E-state index contributed by atoms with van der Waals surface area (Å²) < 4.78 is 7.13. The number of para-hydroxylation sites is 6. The first-order valence-corrected chi connectivity index (χ1v) is 30.2. The second kappa shape index (κ2) is 21.1. The van der Waals surface area contributed by atoms with Gasteiger partial charge in [-0.05, 0) is 177 Å². The monoisotopic (exact) mass is 1120 g/mol. The first-order valence-electron chi connectivity index (χ1n) is 30.2. The molecule has 4 nitrogen and oxygen atoms in total. The van der Waals surface area contributed by atoms with Gasteiger partial charge in [-0.1, -0.05) is 218 Å². The van der Waals surface area contributed by atoms with Crippen molar-refractivity contribution in [1.29, 1.82) is 0 Å². The van der Waals surface area contributed by atoms with E-state index >= 15 is 0 Å². The van der Waals surface area contributed by atoms with Crippen molar-refractivity contribution in [3.8, 4) is 72.7 Å². The molecule has 0 spiro atoms. The molecule has 0 bridgehead atoms. The molecule has 3 heterocycles. The fourth-order valence-electron chi connectivity index (χ4n) is 13.6. The van der Waals surface area contributed by atoms with Crippen molar-refractivity contribution in [1.82, 2.24) is 13.7 Å². The van der Waals surface area contributed by atoms with Crippen LogP contribution in [-0.4, -0.2) is 13.7 Å². The molecular weight excluding hydrogens is 1060 g/mol. The van der Waals surface area contributed by atoms with Crippen LogP contribution in [0.4, 0.5) is 17.1 Å². The topological polar surface area (TPSA) is 18.0 Å². The second-order valence-corrected chi connectivity index (χ2v) is 22.9. The molecule has 4 heteroatoms. The van der Waals surface area contributed by atoms with Crippen molar-refractivity contribution in [2.24, 2.45) is 0 Å². The predicted octanol–water partition coefficient (Wildman–Crippen LogP) is 22.8. The van der Waals surface area contributed by atoms with Crippen molar-refractivity contribution in [3.05, 3.63) is 340 Å². The highest BCUT2D eigenvalue weighted by Gasteiger charge is 2.19. The average Bonchev–Trinajstić information content (AvgIpc) is 2.05. The van der Waals surface area contributed by atoms with E-state index in [2.05, 4.69) is 358 Å². The zero-order chi connectivity index (χ0) is 58.1. The minimum atomic E-state index is 1.08. The maximum absolute atomic E-state index is 2.39. The third kappa shape index (κ3) is 8.69. The van der Waals surface area contributed by atoms with Crippen molar-refractivity contribution in [3.63, 3.8) is 0 Å². The smallest absolute Gasteiger partial charge is 0.0547 e. The van der Waals surface area contributed by atoms with E-state index in [4.69, 9.17) is 0 Å². The number of benzene rings is 14. The molecule has 0 aliphatic heterocycles. The first-order chi connectivity index (χ1) is 43.6. The Labute approximate surface area is 510 Å². The Balaban J connectivity index is 0.692. The summed E-state index contributed by atoms with van der Waals surface area (Å²) in [5.41, 5.74) is 25.7. The lowest BCUT2D eigenvalue weighted by atomic mass is 9.98. The highest BCUT2D eigenvalue weighted by molar-refractivity contribution is 6.13. The molecule has 0 N–H and O–H groups in total. The summed E-state index contributed by atoms with van der Waals surface area (Å²) in [4.78, 5) is 2.37. The van der Waals surface area contributed by atoms with Crippen LogP contribution in [0.5, 0.6) is 0 Å². The van der Waals surface area contributed by atoms with Crippen molar-refractivity contribution in [2.75, 3.05) is 4.90 Å². The average molecular weight is 1120 g/mol. The summed E-state index contributed by atoms with van der Waals surface area (Å²) in [6, 6.07) is 124. The molecule has 14 aromatic carbocycles. The minimum absolute atomic E-state index is 1.08. The molecule has 0 fully saturated rings. The van der Waals surface area contributed by atoms with Gasteiger partial charge in [0, 0.05) is 66.4 Å². The Hall–Kier alpha value is -11.7. The summed E-state index contributed by atoms with van der Waals surface area (Å²) in [6.45, 7) is 0. The van der Waals surface area contributed by atoms with Crippen LogP contribution in [0, 0.1) is 0 Å². The summed E-state index contributed by atoms with van der Waals surface area (Å²) in [6.07, 6.45) is 0. The second-order valence-electron chi connectivity index (χ2n) is 22.9. The van der Waals surface area contributed by atoms with Crippen LogP contribution in [0.1, 0.15) is 0 Å². The van der Waals surface area contributed by atoms with Crippen LogP contribution in [0.3, 0.4) is 0 Å². The number of hydrogen-bond acceptors (Lipinski definition) is 1. The van der Waals surface area contributed by atoms with Crippen LogP contribution >= 0.6 is 0 Å². The van der Waals surface area contributed by atoms with E-state index < -0.39 is 0 Å². The van der Waals surface area contributed by atoms with Gasteiger partial charge in [-0.15, -0.1) is 0 Å². The van der Waals surface area contributed by atoms with E-state index in [1.807, 2.05) is 0 Å². The number of nitrogens with zero attached hydrogens (tertiary/aromatic N) is 4. The van der Waals surface area contributed by atoms with Gasteiger partial charge in [-0.25, -0.2) is 0 Å². The molecule has 3 aromatic heterocycles. The number of hydrogen-bond donors (Lipinski definition) is 0. The van der Waals surface area contributed by atoms with Crippen LogP contribution in [0.25, 0.3) is 138 Å². The number of aromatic nitrogens is 3. The molecule has 88 heavy (non-hydrogen) atoms. The summed E-state index contributed by atoms with van der Waals surface area (Å²) in [7, 11) is 0. The van der Waals surface area contributed by atoms with Crippen molar-refractivity contribution < 1.29 is 0 Å². The predicted molar refractivity (Wildman–Crippen MR) is 371 cm³/mol. The van der Waals surface area contributed by atoms with E-state index in [1.54, 1.807) is 0 Å². The lowest BCUT2D eigenvalue weighted by molar-refractivity contribution is 1.18. The molecular formula is C84H56N4. The fourth-order valence-corrected chi connectivity index (χ4v) is 13.6. The minimum Gasteiger partial charge on any atom is -0.311 e. The van der Waals surface area contributed by atoms with Crippen LogP contribution in [0.15, 0.2) is 340 Å². The molecule has 0 saturated heterocycles. The zero-order valence-electron chi connectivity index (χ0n) is 48.1. The molecule has 0 saturated carbocycles. The highest BCUT2D eigenvalue weighted by atomic mass is 15.1. The van der Waals surface area contributed by atoms with Gasteiger partial charge in [0.15, 0.2) is 0 Å². The van der Waals surface area contributed by atoms with Crippen molar-refractivity contribution in [2.45, 2.75) is 0 Å². The van der Waals surface area contributed by atoms with E-state index in [1.165, 1.54) is 104 Å². The molecule has 0 aliphatic carbocycles. The summed E-state index contributed by atoms with van der Waals surface area (Å²) in [5.74, 6) is 0. The van der Waals surface area contributed by atoms with Gasteiger partial charge in [0.25, 0.3) is 0 Å². The number of fused-ring (bicyclic) bond motifs is 9. The molecule has 0 atom stereocenters. The van der Waals surface area contributed by atoms with Gasteiger partial charge < -0.3 is 18.6 Å². The molecule has 0 aliphatic rings. The van der Waals surface area contributed by atoms with Gasteiger partial charge in [-0.2, -0.15) is 0 Å². The Bertz CT molecular complexity index is 5430. The SMILES string of the molecule is c1ccc(-n2c3ccccc3c3cc(-c4ccc(-c5ccc(N(c6ccc(-c7ccc(-c8ccc9c%10ccccc%10n(-c%10ccccc%10)c9c8)cc7)cc6)c6ccc(-c7ccc8c(c7)c7ccccc7n8-c7ccccc7)cc6)cc5)cc4)ccc32)cc1. The first kappa shape index (κ1) is 50.8. The zero-order valence-corrected chi connectivity index (χ0v) is 48.1.